The summed E-state index contributed by atoms with van der Waals surface area (Å²) in [5.74, 6) is 4.71. The summed E-state index contributed by atoms with van der Waals surface area (Å²) >= 11 is 0. The molecule has 3 rings (SSSR count). The normalized spacial score (nSPS) is 41.6. The lowest BCUT2D eigenvalue weighted by atomic mass is 9.53. The zero-order valence-electron chi connectivity index (χ0n) is 22.3. The van der Waals surface area contributed by atoms with Gasteiger partial charge in [-0.05, 0) is 106 Å². The molecule has 0 aromatic heterocycles. The van der Waals surface area contributed by atoms with Gasteiger partial charge in [0.05, 0.1) is 17.8 Å². The molecule has 0 bridgehead atoms. The Labute approximate surface area is 199 Å². The number of hydrogen-bond donors (Lipinski definition) is 2. The second-order valence-corrected chi connectivity index (χ2v) is 13.5. The van der Waals surface area contributed by atoms with Crippen LogP contribution in [0.1, 0.15) is 113 Å². The molecule has 3 fully saturated rings. The van der Waals surface area contributed by atoms with Gasteiger partial charge < -0.3 is 14.9 Å². The molecule has 0 aliphatic heterocycles. The second-order valence-electron chi connectivity index (χ2n) is 13.5. The van der Waals surface area contributed by atoms with Crippen molar-refractivity contribution in [1.29, 1.82) is 0 Å². The summed E-state index contributed by atoms with van der Waals surface area (Å²) < 4.78 is 6.23. The van der Waals surface area contributed by atoms with Crippen LogP contribution in [0.25, 0.3) is 0 Å². The maximum atomic E-state index is 11.3. The number of ether oxygens (including phenoxy) is 1. The number of fused-ring (bicyclic) bond motifs is 1. The monoisotopic (exact) mass is 450 g/mol. The van der Waals surface area contributed by atoms with Crippen LogP contribution in [0.3, 0.4) is 0 Å². The van der Waals surface area contributed by atoms with Crippen LogP contribution in [0, 0.1) is 46.8 Å². The maximum absolute atomic E-state index is 11.3. The molecule has 0 unspecified atom stereocenters. The summed E-state index contributed by atoms with van der Waals surface area (Å²) in [4.78, 5) is 0. The van der Waals surface area contributed by atoms with Gasteiger partial charge in [-0.3, -0.25) is 0 Å². The molecule has 2 N–H and O–H groups in total. The average molecular weight is 451 g/mol. The SMILES string of the molecule is CC(C)CCC[C@H](C)[C@H]1CC[C@@H]2[C@@H]1CC[C@H]([C@]1(C)CC[C@H](OC(C)(C)C)C[C@H]1O)[C@@H]2CO. The molecule has 9 atom stereocenters. The van der Waals surface area contributed by atoms with Gasteiger partial charge in [0.15, 0.2) is 0 Å². The van der Waals surface area contributed by atoms with E-state index < -0.39 is 0 Å². The standard InChI is InChI=1S/C29H54O3/c1-19(2)9-8-10-20(3)22-11-12-24-23(22)13-14-26(25(24)18-30)29(7)16-15-21(17-27(29)31)32-28(4,5)6/h19-27,30-31H,8-18H2,1-7H3/t20-,21-,22+,23+,24+,25+,26-,27+,29-/m0/s1. The molecule has 0 saturated heterocycles. The van der Waals surface area contributed by atoms with Gasteiger partial charge in [0.2, 0.25) is 0 Å². The Morgan fingerprint density at radius 1 is 0.969 bits per heavy atom. The molecule has 0 radical (unpaired) electrons. The fourth-order valence-corrected chi connectivity index (χ4v) is 8.14. The second kappa shape index (κ2) is 10.6. The van der Waals surface area contributed by atoms with Gasteiger partial charge in [-0.25, -0.2) is 0 Å². The molecule has 188 valence electrons. The van der Waals surface area contributed by atoms with Gasteiger partial charge in [0.25, 0.3) is 0 Å². The maximum Gasteiger partial charge on any atom is 0.0621 e. The van der Waals surface area contributed by atoms with E-state index in [1.807, 2.05) is 0 Å². The Balaban J connectivity index is 1.64. The van der Waals surface area contributed by atoms with Crippen LogP contribution < -0.4 is 0 Å². The van der Waals surface area contributed by atoms with Crippen molar-refractivity contribution >= 4 is 0 Å². The minimum absolute atomic E-state index is 0.0862. The van der Waals surface area contributed by atoms with Gasteiger partial charge in [0, 0.05) is 13.0 Å². The van der Waals surface area contributed by atoms with Crippen molar-refractivity contribution in [2.75, 3.05) is 6.61 Å². The lowest BCUT2D eigenvalue weighted by Gasteiger charge is -2.54. The Hall–Kier alpha value is -0.120. The van der Waals surface area contributed by atoms with E-state index in [1.54, 1.807) is 0 Å². The lowest BCUT2D eigenvalue weighted by Crippen LogP contribution is -2.52. The van der Waals surface area contributed by atoms with Gasteiger partial charge in [0.1, 0.15) is 0 Å². The Kier molecular flexibility index (Phi) is 8.81. The van der Waals surface area contributed by atoms with E-state index in [-0.39, 0.29) is 23.2 Å². The van der Waals surface area contributed by atoms with Crippen molar-refractivity contribution in [1.82, 2.24) is 0 Å². The number of hydrogen-bond acceptors (Lipinski definition) is 3. The van der Waals surface area contributed by atoms with Crippen molar-refractivity contribution < 1.29 is 14.9 Å². The van der Waals surface area contributed by atoms with Crippen molar-refractivity contribution in [2.24, 2.45) is 46.8 Å². The van der Waals surface area contributed by atoms with Crippen molar-refractivity contribution in [3.05, 3.63) is 0 Å². The molecule has 0 aromatic carbocycles. The molecule has 32 heavy (non-hydrogen) atoms. The third-order valence-electron chi connectivity index (χ3n) is 9.81. The number of rotatable bonds is 8. The molecule has 3 nitrogen and oxygen atoms in total. The quantitative estimate of drug-likeness (QED) is 0.425. The van der Waals surface area contributed by atoms with Crippen LogP contribution in [0.5, 0.6) is 0 Å². The highest BCUT2D eigenvalue weighted by Crippen LogP contribution is 2.59. The summed E-state index contributed by atoms with van der Waals surface area (Å²) in [5, 5.41) is 21.9. The van der Waals surface area contributed by atoms with E-state index in [4.69, 9.17) is 4.74 Å². The van der Waals surface area contributed by atoms with E-state index >= 15 is 0 Å². The summed E-state index contributed by atoms with van der Waals surface area (Å²) in [5.41, 5.74) is -0.244. The molecule has 3 aliphatic rings. The van der Waals surface area contributed by atoms with Crippen molar-refractivity contribution in [3.63, 3.8) is 0 Å². The van der Waals surface area contributed by atoms with Crippen LogP contribution in [0.15, 0.2) is 0 Å². The minimum Gasteiger partial charge on any atom is -0.396 e. The Bertz CT molecular complexity index is 581. The topological polar surface area (TPSA) is 49.7 Å². The molecule has 3 aliphatic carbocycles. The zero-order chi connectivity index (χ0) is 23.7. The van der Waals surface area contributed by atoms with Gasteiger partial charge >= 0.3 is 0 Å². The van der Waals surface area contributed by atoms with Crippen LogP contribution in [-0.4, -0.2) is 34.6 Å². The molecular weight excluding hydrogens is 396 g/mol. The Morgan fingerprint density at radius 2 is 1.66 bits per heavy atom. The Morgan fingerprint density at radius 3 is 2.25 bits per heavy atom. The number of aliphatic hydroxyl groups excluding tert-OH is 2. The lowest BCUT2D eigenvalue weighted by molar-refractivity contribution is -0.154. The largest absolute Gasteiger partial charge is 0.396 e. The van der Waals surface area contributed by atoms with E-state index in [0.29, 0.717) is 24.4 Å². The first-order valence-electron chi connectivity index (χ1n) is 13.9. The molecule has 0 spiro atoms. The smallest absolute Gasteiger partial charge is 0.0621 e. The van der Waals surface area contributed by atoms with Gasteiger partial charge in [-0.2, -0.15) is 0 Å². The number of aliphatic hydroxyl groups is 2. The third-order valence-corrected chi connectivity index (χ3v) is 9.81. The predicted molar refractivity (Wildman–Crippen MR) is 133 cm³/mol. The van der Waals surface area contributed by atoms with Gasteiger partial charge in [-0.1, -0.05) is 47.0 Å². The van der Waals surface area contributed by atoms with Crippen LogP contribution in [0.4, 0.5) is 0 Å². The first kappa shape index (κ1) is 26.5. The van der Waals surface area contributed by atoms with Crippen LogP contribution in [-0.2, 0) is 4.74 Å². The highest BCUT2D eigenvalue weighted by atomic mass is 16.5. The summed E-state index contributed by atoms with van der Waals surface area (Å²) in [7, 11) is 0. The molecule has 0 aromatic rings. The van der Waals surface area contributed by atoms with E-state index in [0.717, 1.165) is 42.9 Å². The summed E-state index contributed by atoms with van der Waals surface area (Å²) in [6.45, 7) is 16.1. The van der Waals surface area contributed by atoms with E-state index in [9.17, 15) is 10.2 Å². The highest BCUT2D eigenvalue weighted by molar-refractivity contribution is 5.03. The predicted octanol–water partition coefficient (Wildman–Crippen LogP) is 6.84. The van der Waals surface area contributed by atoms with Gasteiger partial charge in [-0.15, -0.1) is 0 Å². The minimum atomic E-state index is -0.327. The van der Waals surface area contributed by atoms with Crippen molar-refractivity contribution in [3.8, 4) is 0 Å². The fraction of sp³-hybridized carbons (Fsp3) is 1.00. The first-order valence-corrected chi connectivity index (χ1v) is 13.9. The third kappa shape index (κ3) is 5.92. The molecule has 3 heteroatoms. The molecule has 0 heterocycles. The molecular formula is C29H54O3. The molecule has 0 amide bonds. The van der Waals surface area contributed by atoms with Crippen LogP contribution >= 0.6 is 0 Å². The highest BCUT2D eigenvalue weighted by Gasteiger charge is 2.54. The van der Waals surface area contributed by atoms with Crippen molar-refractivity contribution in [2.45, 2.75) is 130 Å². The molecule has 3 saturated carbocycles. The van der Waals surface area contributed by atoms with Crippen LogP contribution in [0.2, 0.25) is 0 Å². The van der Waals surface area contributed by atoms with E-state index in [1.165, 1.54) is 44.9 Å². The summed E-state index contributed by atoms with van der Waals surface area (Å²) in [6.07, 6.45) is 11.8. The average Bonchev–Trinajstić information content (AvgIpc) is 3.13. The summed E-state index contributed by atoms with van der Waals surface area (Å²) in [6, 6.07) is 0. The first-order chi connectivity index (χ1) is 15.0. The fourth-order valence-electron chi connectivity index (χ4n) is 8.14. The zero-order valence-corrected chi connectivity index (χ0v) is 22.3. The van der Waals surface area contributed by atoms with E-state index in [2.05, 4.69) is 48.5 Å².